The largest absolute Gasteiger partial charge is 0.389 e. The van der Waals surface area contributed by atoms with Crippen molar-refractivity contribution in [3.05, 3.63) is 18.3 Å². The second-order valence-corrected chi connectivity index (χ2v) is 6.47. The second kappa shape index (κ2) is 4.59. The number of nitrogen functional groups attached to an aromatic ring is 1. The van der Waals surface area contributed by atoms with E-state index in [-0.39, 0.29) is 17.3 Å². The van der Waals surface area contributed by atoms with Gasteiger partial charge in [0.25, 0.3) is 0 Å². The van der Waals surface area contributed by atoms with E-state index in [4.69, 9.17) is 5.73 Å². The smallest absolute Gasteiger partial charge is 0.246 e. The number of sulfonamides is 1. The van der Waals surface area contributed by atoms with Crippen LogP contribution in [0, 0.1) is 0 Å². The molecule has 3 N–H and O–H groups in total. The van der Waals surface area contributed by atoms with E-state index in [1.54, 1.807) is 0 Å². The summed E-state index contributed by atoms with van der Waals surface area (Å²) in [4.78, 5) is 3.68. The molecule has 17 heavy (non-hydrogen) atoms. The topological polar surface area (TPSA) is 96.5 Å². The van der Waals surface area contributed by atoms with Gasteiger partial charge in [-0.25, -0.2) is 13.4 Å². The van der Waals surface area contributed by atoms with Crippen LogP contribution in [-0.2, 0) is 10.0 Å². The molecule has 0 atom stereocenters. The molecule has 0 aromatic carbocycles. The van der Waals surface area contributed by atoms with E-state index in [1.807, 2.05) is 0 Å². The van der Waals surface area contributed by atoms with Gasteiger partial charge in [0.1, 0.15) is 10.7 Å². The summed E-state index contributed by atoms with van der Waals surface area (Å²) < 4.78 is 25.3. The monoisotopic (exact) mass is 259 g/mol. The minimum Gasteiger partial charge on any atom is -0.389 e. The summed E-state index contributed by atoms with van der Waals surface area (Å²) >= 11 is 0. The third-order valence-electron chi connectivity index (χ3n) is 2.10. The van der Waals surface area contributed by atoms with Crippen molar-refractivity contribution in [1.82, 2.24) is 9.29 Å². The molecule has 0 aliphatic carbocycles. The van der Waals surface area contributed by atoms with Gasteiger partial charge in [-0.3, -0.25) is 0 Å². The molecule has 1 heterocycles. The maximum Gasteiger partial charge on any atom is 0.246 e. The second-order valence-electron chi connectivity index (χ2n) is 4.46. The maximum absolute atomic E-state index is 12.1. The molecule has 1 aromatic heterocycles. The Morgan fingerprint density at radius 1 is 1.53 bits per heavy atom. The predicted octanol–water partition coefficient (Wildman–Crippen LogP) is 0.0552. The highest BCUT2D eigenvalue weighted by Crippen LogP contribution is 2.20. The summed E-state index contributed by atoms with van der Waals surface area (Å²) in [5.74, 6) is -0.0462. The van der Waals surface area contributed by atoms with E-state index in [2.05, 4.69) is 4.98 Å². The van der Waals surface area contributed by atoms with E-state index in [1.165, 1.54) is 39.2 Å². The first-order chi connectivity index (χ1) is 7.64. The Kier molecular flexibility index (Phi) is 3.75. The van der Waals surface area contributed by atoms with Crippen molar-refractivity contribution in [1.29, 1.82) is 0 Å². The lowest BCUT2D eigenvalue weighted by Crippen LogP contribution is -2.39. The lowest BCUT2D eigenvalue weighted by Gasteiger charge is -2.25. The molecule has 0 aliphatic heterocycles. The van der Waals surface area contributed by atoms with Crippen LogP contribution in [0.5, 0.6) is 0 Å². The first kappa shape index (κ1) is 13.9. The van der Waals surface area contributed by atoms with E-state index < -0.39 is 15.6 Å². The van der Waals surface area contributed by atoms with Crippen LogP contribution in [0.3, 0.4) is 0 Å². The van der Waals surface area contributed by atoms with Crippen LogP contribution in [-0.4, -0.2) is 42.0 Å². The lowest BCUT2D eigenvalue weighted by molar-refractivity contribution is 0.0640. The van der Waals surface area contributed by atoms with Gasteiger partial charge in [-0.1, -0.05) is 0 Å². The molecule has 0 saturated carbocycles. The molecule has 0 radical (unpaired) electrons. The SMILES string of the molecule is CN(CC(C)(C)O)S(=O)(=O)c1cccnc1N. The van der Waals surface area contributed by atoms with Crippen LogP contribution in [0.1, 0.15) is 13.8 Å². The fourth-order valence-corrected chi connectivity index (χ4v) is 2.81. The summed E-state index contributed by atoms with van der Waals surface area (Å²) in [6, 6.07) is 2.89. The molecule has 1 rings (SSSR count). The Balaban J connectivity index is 3.09. The van der Waals surface area contributed by atoms with E-state index >= 15 is 0 Å². The van der Waals surface area contributed by atoms with E-state index in [0.29, 0.717) is 0 Å². The summed E-state index contributed by atoms with van der Waals surface area (Å²) in [6.07, 6.45) is 1.42. The number of pyridine rings is 1. The number of rotatable bonds is 4. The van der Waals surface area contributed by atoms with Gasteiger partial charge in [0.05, 0.1) is 5.60 Å². The van der Waals surface area contributed by atoms with Gasteiger partial charge in [0.2, 0.25) is 10.0 Å². The summed E-state index contributed by atoms with van der Waals surface area (Å²) in [7, 11) is -2.33. The third kappa shape index (κ3) is 3.39. The minimum atomic E-state index is -3.72. The Hall–Kier alpha value is -1.18. The number of nitrogens with two attached hydrogens (primary N) is 1. The van der Waals surface area contributed by atoms with Crippen LogP contribution >= 0.6 is 0 Å². The molecule has 0 saturated heterocycles. The molecule has 0 amide bonds. The number of hydrogen-bond donors (Lipinski definition) is 2. The van der Waals surface area contributed by atoms with Gasteiger partial charge >= 0.3 is 0 Å². The predicted molar refractivity (Wildman–Crippen MR) is 64.8 cm³/mol. The van der Waals surface area contributed by atoms with Gasteiger partial charge < -0.3 is 10.8 Å². The molecule has 0 unspecified atom stereocenters. The van der Waals surface area contributed by atoms with Crippen molar-refractivity contribution in [3.63, 3.8) is 0 Å². The molecule has 0 fully saturated rings. The van der Waals surface area contributed by atoms with Gasteiger partial charge in [0, 0.05) is 19.8 Å². The van der Waals surface area contributed by atoms with Crippen molar-refractivity contribution < 1.29 is 13.5 Å². The fourth-order valence-electron chi connectivity index (χ4n) is 1.42. The van der Waals surface area contributed by atoms with Crippen molar-refractivity contribution in [3.8, 4) is 0 Å². The summed E-state index contributed by atoms with van der Waals surface area (Å²) in [5, 5.41) is 9.61. The number of anilines is 1. The zero-order chi connectivity index (χ0) is 13.3. The quantitative estimate of drug-likeness (QED) is 0.796. The average Bonchev–Trinajstić information content (AvgIpc) is 2.15. The summed E-state index contributed by atoms with van der Waals surface area (Å²) in [5.41, 5.74) is 4.42. The first-order valence-corrected chi connectivity index (χ1v) is 6.48. The normalized spacial score (nSPS) is 13.0. The standard InChI is InChI=1S/C10H17N3O3S/c1-10(2,14)7-13(3)17(15,16)8-5-4-6-12-9(8)11/h4-6,14H,7H2,1-3H3,(H2,11,12). The maximum atomic E-state index is 12.1. The highest BCUT2D eigenvalue weighted by atomic mass is 32.2. The van der Waals surface area contributed by atoms with Gasteiger partial charge in [-0.05, 0) is 26.0 Å². The number of likely N-dealkylation sites (N-methyl/N-ethyl adjacent to an activating group) is 1. The molecular formula is C10H17N3O3S. The van der Waals surface area contributed by atoms with Crippen molar-refractivity contribution in [2.75, 3.05) is 19.3 Å². The summed E-state index contributed by atoms with van der Waals surface area (Å²) in [6.45, 7) is 3.04. The Morgan fingerprint density at radius 3 is 2.59 bits per heavy atom. The van der Waals surface area contributed by atoms with Crippen molar-refractivity contribution >= 4 is 15.8 Å². The number of nitrogens with zero attached hydrogens (tertiary/aromatic N) is 2. The molecule has 0 aliphatic rings. The molecule has 96 valence electrons. The van der Waals surface area contributed by atoms with Crippen molar-refractivity contribution in [2.45, 2.75) is 24.3 Å². The van der Waals surface area contributed by atoms with Gasteiger partial charge in [0.15, 0.2) is 0 Å². The Morgan fingerprint density at radius 2 is 2.12 bits per heavy atom. The first-order valence-electron chi connectivity index (χ1n) is 5.04. The molecule has 6 nitrogen and oxygen atoms in total. The number of aromatic nitrogens is 1. The Labute approximate surface area is 101 Å². The van der Waals surface area contributed by atoms with Crippen LogP contribution in [0.15, 0.2) is 23.2 Å². The Bertz CT molecular complexity index is 494. The molecule has 7 heteroatoms. The fraction of sp³-hybridized carbons (Fsp3) is 0.500. The minimum absolute atomic E-state index is 0.0241. The lowest BCUT2D eigenvalue weighted by atomic mass is 10.1. The highest BCUT2D eigenvalue weighted by molar-refractivity contribution is 7.89. The van der Waals surface area contributed by atoms with Crippen LogP contribution in [0.25, 0.3) is 0 Å². The van der Waals surface area contributed by atoms with Crippen LogP contribution < -0.4 is 5.73 Å². The molecule has 0 spiro atoms. The van der Waals surface area contributed by atoms with E-state index in [9.17, 15) is 13.5 Å². The van der Waals surface area contributed by atoms with Gasteiger partial charge in [-0.2, -0.15) is 4.31 Å². The molecular weight excluding hydrogens is 242 g/mol. The highest BCUT2D eigenvalue weighted by Gasteiger charge is 2.28. The molecule has 1 aromatic rings. The van der Waals surface area contributed by atoms with Crippen LogP contribution in [0.4, 0.5) is 5.82 Å². The number of aliphatic hydroxyl groups is 1. The average molecular weight is 259 g/mol. The van der Waals surface area contributed by atoms with E-state index in [0.717, 1.165) is 4.31 Å². The van der Waals surface area contributed by atoms with Crippen LogP contribution in [0.2, 0.25) is 0 Å². The third-order valence-corrected chi connectivity index (χ3v) is 3.95. The van der Waals surface area contributed by atoms with Gasteiger partial charge in [-0.15, -0.1) is 0 Å². The van der Waals surface area contributed by atoms with Crippen molar-refractivity contribution in [2.24, 2.45) is 0 Å². The number of hydrogen-bond acceptors (Lipinski definition) is 5. The molecule has 0 bridgehead atoms. The zero-order valence-electron chi connectivity index (χ0n) is 10.1. The zero-order valence-corrected chi connectivity index (χ0v) is 10.9.